The van der Waals surface area contributed by atoms with Crippen molar-refractivity contribution in [3.63, 3.8) is 0 Å². The number of aromatic nitrogens is 1. The van der Waals surface area contributed by atoms with Crippen LogP contribution in [0.15, 0.2) is 54.7 Å². The molecule has 1 saturated heterocycles. The number of nitrogens with one attached hydrogen (secondary N) is 2. The SMILES string of the molecule is C[C@H](NC(=O)C[C@H]1CC[C@H](NC(=O)Cc2ccccn2)[C@H](CO)O1)c1ccccc1. The smallest absolute Gasteiger partial charge is 0.226 e. The summed E-state index contributed by atoms with van der Waals surface area (Å²) in [5, 5.41) is 15.6. The van der Waals surface area contributed by atoms with E-state index in [9.17, 15) is 14.7 Å². The molecule has 0 unspecified atom stereocenters. The fourth-order valence-electron chi connectivity index (χ4n) is 3.70. The van der Waals surface area contributed by atoms with Crippen LogP contribution in [0.3, 0.4) is 0 Å². The van der Waals surface area contributed by atoms with Crippen LogP contribution in [0.2, 0.25) is 0 Å². The van der Waals surface area contributed by atoms with Crippen LogP contribution in [-0.4, -0.2) is 46.8 Å². The number of hydrogen-bond acceptors (Lipinski definition) is 5. The van der Waals surface area contributed by atoms with Crippen LogP contribution in [0.25, 0.3) is 0 Å². The first-order chi connectivity index (χ1) is 14.5. The first-order valence-electron chi connectivity index (χ1n) is 10.3. The van der Waals surface area contributed by atoms with Crippen molar-refractivity contribution in [1.82, 2.24) is 15.6 Å². The van der Waals surface area contributed by atoms with Gasteiger partial charge in [0.2, 0.25) is 11.8 Å². The first kappa shape index (κ1) is 21.9. The van der Waals surface area contributed by atoms with Crippen molar-refractivity contribution in [3.05, 3.63) is 66.0 Å². The normalized spacial score (nSPS) is 22.1. The molecule has 2 aromatic rings. The average Bonchev–Trinajstić information content (AvgIpc) is 2.76. The third-order valence-electron chi connectivity index (χ3n) is 5.30. The number of rotatable bonds is 8. The molecule has 1 fully saturated rings. The van der Waals surface area contributed by atoms with Crippen LogP contribution in [-0.2, 0) is 20.7 Å². The molecule has 4 atom stereocenters. The van der Waals surface area contributed by atoms with Crippen molar-refractivity contribution >= 4 is 11.8 Å². The molecule has 160 valence electrons. The van der Waals surface area contributed by atoms with E-state index in [-0.39, 0.29) is 49.5 Å². The lowest BCUT2D eigenvalue weighted by Gasteiger charge is -2.36. The predicted molar refractivity (Wildman–Crippen MR) is 112 cm³/mol. The lowest BCUT2D eigenvalue weighted by molar-refractivity contribution is -0.136. The highest BCUT2D eigenvalue weighted by molar-refractivity contribution is 5.78. The summed E-state index contributed by atoms with van der Waals surface area (Å²) in [6.45, 7) is 1.73. The summed E-state index contributed by atoms with van der Waals surface area (Å²) in [4.78, 5) is 28.9. The molecule has 2 heterocycles. The highest BCUT2D eigenvalue weighted by atomic mass is 16.5. The number of nitrogens with zero attached hydrogens (tertiary/aromatic N) is 1. The minimum atomic E-state index is -0.532. The number of carbonyl (C=O) groups is 2. The summed E-state index contributed by atoms with van der Waals surface area (Å²) < 4.78 is 5.92. The van der Waals surface area contributed by atoms with Gasteiger partial charge in [0, 0.05) is 11.9 Å². The maximum absolute atomic E-state index is 12.4. The largest absolute Gasteiger partial charge is 0.394 e. The van der Waals surface area contributed by atoms with Gasteiger partial charge in [-0.15, -0.1) is 0 Å². The number of aliphatic hydroxyl groups excluding tert-OH is 1. The third kappa shape index (κ3) is 6.37. The predicted octanol–water partition coefficient (Wildman–Crippen LogP) is 1.92. The molecule has 1 aromatic heterocycles. The molecule has 3 rings (SSSR count). The van der Waals surface area contributed by atoms with Crippen molar-refractivity contribution < 1.29 is 19.4 Å². The van der Waals surface area contributed by atoms with E-state index in [4.69, 9.17) is 4.74 Å². The van der Waals surface area contributed by atoms with Gasteiger partial charge in [-0.25, -0.2) is 0 Å². The van der Waals surface area contributed by atoms with Gasteiger partial charge in [0.05, 0.1) is 37.6 Å². The van der Waals surface area contributed by atoms with E-state index in [0.717, 1.165) is 5.56 Å². The van der Waals surface area contributed by atoms with Crippen molar-refractivity contribution in [3.8, 4) is 0 Å². The highest BCUT2D eigenvalue weighted by Gasteiger charge is 2.33. The second kappa shape index (κ2) is 10.8. The Bertz CT molecular complexity index is 816. The van der Waals surface area contributed by atoms with Gasteiger partial charge in [0.1, 0.15) is 6.10 Å². The number of hydrogen-bond donors (Lipinski definition) is 3. The lowest BCUT2D eigenvalue weighted by atomic mass is 9.96. The minimum absolute atomic E-state index is 0.0884. The molecular weight excluding hydrogens is 382 g/mol. The van der Waals surface area contributed by atoms with Crippen LogP contribution in [0.4, 0.5) is 0 Å². The second-order valence-electron chi connectivity index (χ2n) is 7.63. The van der Waals surface area contributed by atoms with Gasteiger partial charge in [-0.3, -0.25) is 14.6 Å². The van der Waals surface area contributed by atoms with Crippen LogP contribution >= 0.6 is 0 Å². The summed E-state index contributed by atoms with van der Waals surface area (Å²) in [7, 11) is 0. The molecule has 0 spiro atoms. The number of carbonyl (C=O) groups excluding carboxylic acids is 2. The van der Waals surface area contributed by atoms with Gasteiger partial charge >= 0.3 is 0 Å². The number of pyridine rings is 1. The summed E-state index contributed by atoms with van der Waals surface area (Å²) in [5.41, 5.74) is 1.73. The monoisotopic (exact) mass is 411 g/mol. The maximum atomic E-state index is 12.4. The van der Waals surface area contributed by atoms with E-state index >= 15 is 0 Å². The molecule has 1 aliphatic rings. The molecule has 2 amide bonds. The molecule has 30 heavy (non-hydrogen) atoms. The van der Waals surface area contributed by atoms with Crippen LogP contribution in [0, 0.1) is 0 Å². The van der Waals surface area contributed by atoms with Gasteiger partial charge in [0.25, 0.3) is 0 Å². The molecule has 7 heteroatoms. The van der Waals surface area contributed by atoms with E-state index in [1.54, 1.807) is 18.3 Å². The maximum Gasteiger partial charge on any atom is 0.226 e. The van der Waals surface area contributed by atoms with Crippen LogP contribution < -0.4 is 10.6 Å². The van der Waals surface area contributed by atoms with Crippen LogP contribution in [0.5, 0.6) is 0 Å². The Hall–Kier alpha value is -2.77. The van der Waals surface area contributed by atoms with E-state index < -0.39 is 6.10 Å². The molecular formula is C23H29N3O4. The Morgan fingerprint density at radius 3 is 2.60 bits per heavy atom. The first-order valence-corrected chi connectivity index (χ1v) is 10.3. The van der Waals surface area contributed by atoms with Crippen molar-refractivity contribution in [2.45, 2.75) is 56.9 Å². The van der Waals surface area contributed by atoms with Gasteiger partial charge in [-0.05, 0) is 37.5 Å². The second-order valence-corrected chi connectivity index (χ2v) is 7.63. The fraction of sp³-hybridized carbons (Fsp3) is 0.435. The lowest BCUT2D eigenvalue weighted by Crippen LogP contribution is -2.51. The van der Waals surface area contributed by atoms with E-state index in [2.05, 4.69) is 15.6 Å². The van der Waals surface area contributed by atoms with Crippen molar-refractivity contribution in [1.29, 1.82) is 0 Å². The highest BCUT2D eigenvalue weighted by Crippen LogP contribution is 2.22. The van der Waals surface area contributed by atoms with Crippen molar-refractivity contribution in [2.75, 3.05) is 6.61 Å². The Kier molecular flexibility index (Phi) is 7.93. The topological polar surface area (TPSA) is 101 Å². The van der Waals surface area contributed by atoms with E-state index in [1.165, 1.54) is 0 Å². The Labute approximate surface area is 176 Å². The molecule has 1 aromatic carbocycles. The Balaban J connectivity index is 1.46. The minimum Gasteiger partial charge on any atom is -0.394 e. The Morgan fingerprint density at radius 2 is 1.90 bits per heavy atom. The molecule has 0 radical (unpaired) electrons. The standard InChI is InChI=1S/C23H29N3O4/c1-16(17-7-3-2-4-8-17)25-23(29)14-19-10-11-20(21(15-27)30-19)26-22(28)13-18-9-5-6-12-24-18/h2-9,12,16,19-21,27H,10-11,13-15H2,1H3,(H,25,29)(H,26,28)/t16-,19+,20-,21-/m0/s1. The zero-order valence-electron chi connectivity index (χ0n) is 17.2. The van der Waals surface area contributed by atoms with Gasteiger partial charge in [-0.2, -0.15) is 0 Å². The summed E-state index contributed by atoms with van der Waals surface area (Å²) >= 11 is 0. The molecule has 7 nitrogen and oxygen atoms in total. The molecule has 1 aliphatic heterocycles. The fourth-order valence-corrected chi connectivity index (χ4v) is 3.70. The number of aliphatic hydroxyl groups is 1. The van der Waals surface area contributed by atoms with E-state index in [1.807, 2.05) is 43.3 Å². The van der Waals surface area contributed by atoms with Gasteiger partial charge in [0.15, 0.2) is 0 Å². The average molecular weight is 412 g/mol. The summed E-state index contributed by atoms with van der Waals surface area (Å²) in [5.74, 6) is -0.251. The zero-order valence-corrected chi connectivity index (χ0v) is 17.2. The molecule has 0 bridgehead atoms. The number of amides is 2. The van der Waals surface area contributed by atoms with Gasteiger partial charge in [-0.1, -0.05) is 36.4 Å². The molecule has 0 saturated carbocycles. The Morgan fingerprint density at radius 1 is 1.13 bits per heavy atom. The third-order valence-corrected chi connectivity index (χ3v) is 5.30. The quantitative estimate of drug-likeness (QED) is 0.616. The van der Waals surface area contributed by atoms with E-state index in [0.29, 0.717) is 18.5 Å². The zero-order chi connectivity index (χ0) is 21.3. The summed E-state index contributed by atoms with van der Waals surface area (Å²) in [6.07, 6.45) is 2.52. The van der Waals surface area contributed by atoms with Crippen LogP contribution in [0.1, 0.15) is 43.5 Å². The number of ether oxygens (including phenoxy) is 1. The van der Waals surface area contributed by atoms with Gasteiger partial charge < -0.3 is 20.5 Å². The number of benzene rings is 1. The summed E-state index contributed by atoms with van der Waals surface area (Å²) in [6, 6.07) is 14.8. The molecule has 3 N–H and O–H groups in total. The molecule has 0 aliphatic carbocycles. The van der Waals surface area contributed by atoms with Crippen molar-refractivity contribution in [2.24, 2.45) is 0 Å².